The molecule has 0 saturated carbocycles. The molecule has 2 rings (SSSR count). The Balaban J connectivity index is 2.13. The highest BCUT2D eigenvalue weighted by atomic mass is 35.5. The number of hydrogen-bond acceptors (Lipinski definition) is 6. The van der Waals surface area contributed by atoms with Crippen molar-refractivity contribution >= 4 is 23.5 Å². The summed E-state index contributed by atoms with van der Waals surface area (Å²) in [4.78, 5) is 11.3. The summed E-state index contributed by atoms with van der Waals surface area (Å²) in [5, 5.41) is 9.87. The maximum atomic E-state index is 11.3. The number of hydrazone groups is 1. The van der Waals surface area contributed by atoms with E-state index in [-0.39, 0.29) is 5.02 Å². The third kappa shape index (κ3) is 3.76. The van der Waals surface area contributed by atoms with Gasteiger partial charge in [0.25, 0.3) is 5.56 Å². The normalized spacial score (nSPS) is 10.7. The fraction of sp³-hybridized carbons (Fsp3) is 0.214. The predicted molar refractivity (Wildman–Crippen MR) is 85.2 cm³/mol. The Labute approximate surface area is 131 Å². The van der Waals surface area contributed by atoms with Crippen molar-refractivity contribution < 1.29 is 9.47 Å². The van der Waals surface area contributed by atoms with Gasteiger partial charge in [0.2, 0.25) is 0 Å². The quantitative estimate of drug-likeness (QED) is 0.629. The van der Waals surface area contributed by atoms with Gasteiger partial charge in [-0.15, -0.1) is 0 Å². The standard InChI is InChI=1S/C14H15ClN4O3/c1-3-22-11-5-4-9(6-12(11)21-2)7-16-18-10-8-17-19-14(20)13(10)15/h4-8H,3H2,1-2H3,(H2,18,19,20)/b16-7+. The van der Waals surface area contributed by atoms with Crippen LogP contribution >= 0.6 is 11.6 Å². The van der Waals surface area contributed by atoms with Gasteiger partial charge in [0.05, 0.1) is 26.1 Å². The van der Waals surface area contributed by atoms with Gasteiger partial charge in [0, 0.05) is 0 Å². The van der Waals surface area contributed by atoms with Gasteiger partial charge in [-0.2, -0.15) is 10.2 Å². The molecule has 7 nitrogen and oxygen atoms in total. The van der Waals surface area contributed by atoms with E-state index in [0.29, 0.717) is 23.8 Å². The number of nitrogens with zero attached hydrogens (tertiary/aromatic N) is 2. The molecule has 0 bridgehead atoms. The van der Waals surface area contributed by atoms with Crippen LogP contribution < -0.4 is 20.5 Å². The lowest BCUT2D eigenvalue weighted by Crippen LogP contribution is -2.10. The molecular formula is C14H15ClN4O3. The zero-order chi connectivity index (χ0) is 15.9. The third-order valence-corrected chi connectivity index (χ3v) is 3.06. The third-order valence-electron chi connectivity index (χ3n) is 2.68. The first kappa shape index (κ1) is 15.8. The molecule has 1 aromatic heterocycles. The first-order valence-corrected chi connectivity index (χ1v) is 6.86. The minimum Gasteiger partial charge on any atom is -0.493 e. The Morgan fingerprint density at radius 2 is 2.27 bits per heavy atom. The summed E-state index contributed by atoms with van der Waals surface area (Å²) in [7, 11) is 1.57. The van der Waals surface area contributed by atoms with Crippen molar-refractivity contribution in [3.05, 3.63) is 45.3 Å². The van der Waals surface area contributed by atoms with E-state index >= 15 is 0 Å². The SMILES string of the molecule is CCOc1ccc(/C=N/Nc2cn[nH]c(=O)c2Cl)cc1OC. The molecule has 0 amide bonds. The van der Waals surface area contributed by atoms with Crippen LogP contribution in [-0.4, -0.2) is 30.1 Å². The summed E-state index contributed by atoms with van der Waals surface area (Å²) in [5.74, 6) is 1.28. The summed E-state index contributed by atoms with van der Waals surface area (Å²) < 4.78 is 10.7. The number of nitrogens with one attached hydrogen (secondary N) is 2. The molecule has 1 heterocycles. The van der Waals surface area contributed by atoms with E-state index in [9.17, 15) is 4.79 Å². The van der Waals surface area contributed by atoms with E-state index in [0.717, 1.165) is 5.56 Å². The van der Waals surface area contributed by atoms with Crippen LogP contribution in [0.25, 0.3) is 0 Å². The molecule has 2 aromatic rings. The van der Waals surface area contributed by atoms with E-state index < -0.39 is 5.56 Å². The maximum Gasteiger partial charge on any atom is 0.285 e. The molecular weight excluding hydrogens is 308 g/mol. The molecule has 22 heavy (non-hydrogen) atoms. The molecule has 0 aliphatic carbocycles. The number of halogens is 1. The number of H-pyrrole nitrogens is 1. The topological polar surface area (TPSA) is 88.6 Å². The molecule has 0 radical (unpaired) electrons. The number of anilines is 1. The highest BCUT2D eigenvalue weighted by Crippen LogP contribution is 2.27. The van der Waals surface area contributed by atoms with Crippen molar-refractivity contribution in [3.63, 3.8) is 0 Å². The largest absolute Gasteiger partial charge is 0.493 e. The Morgan fingerprint density at radius 3 is 3.00 bits per heavy atom. The van der Waals surface area contributed by atoms with Crippen LogP contribution in [0.3, 0.4) is 0 Å². The lowest BCUT2D eigenvalue weighted by molar-refractivity contribution is 0.311. The zero-order valence-electron chi connectivity index (χ0n) is 12.1. The molecule has 0 unspecified atom stereocenters. The van der Waals surface area contributed by atoms with Crippen molar-refractivity contribution in [1.29, 1.82) is 0 Å². The Kier molecular flexibility index (Phi) is 5.37. The highest BCUT2D eigenvalue weighted by molar-refractivity contribution is 6.32. The minimum absolute atomic E-state index is 0.00331. The molecule has 0 atom stereocenters. The number of benzene rings is 1. The first-order valence-electron chi connectivity index (χ1n) is 6.48. The zero-order valence-corrected chi connectivity index (χ0v) is 12.8. The predicted octanol–water partition coefficient (Wildman–Crippen LogP) is 2.28. The molecule has 8 heteroatoms. The van der Waals surface area contributed by atoms with Crippen molar-refractivity contribution in [2.75, 3.05) is 19.1 Å². The van der Waals surface area contributed by atoms with Crippen molar-refractivity contribution in [2.45, 2.75) is 6.92 Å². The van der Waals surface area contributed by atoms with Gasteiger partial charge in [0.1, 0.15) is 10.7 Å². The fourth-order valence-electron chi connectivity index (χ4n) is 1.68. The Morgan fingerprint density at radius 1 is 1.45 bits per heavy atom. The fourth-order valence-corrected chi connectivity index (χ4v) is 1.81. The lowest BCUT2D eigenvalue weighted by atomic mass is 10.2. The second kappa shape index (κ2) is 7.46. The van der Waals surface area contributed by atoms with E-state index in [1.807, 2.05) is 13.0 Å². The van der Waals surface area contributed by atoms with Crippen LogP contribution in [0.1, 0.15) is 12.5 Å². The molecule has 0 spiro atoms. The van der Waals surface area contributed by atoms with Crippen LogP contribution in [0.5, 0.6) is 11.5 Å². The van der Waals surface area contributed by atoms with E-state index in [4.69, 9.17) is 21.1 Å². The van der Waals surface area contributed by atoms with Gasteiger partial charge < -0.3 is 9.47 Å². The molecule has 1 aromatic carbocycles. The monoisotopic (exact) mass is 322 g/mol. The second-order valence-electron chi connectivity index (χ2n) is 4.14. The summed E-state index contributed by atoms with van der Waals surface area (Å²) >= 11 is 5.82. The molecule has 2 N–H and O–H groups in total. The van der Waals surface area contributed by atoms with Crippen molar-refractivity contribution in [3.8, 4) is 11.5 Å². The molecule has 0 aliphatic heterocycles. The van der Waals surface area contributed by atoms with E-state index in [1.165, 1.54) is 6.20 Å². The number of rotatable bonds is 6. The number of methoxy groups -OCH3 is 1. The second-order valence-corrected chi connectivity index (χ2v) is 4.52. The number of aromatic amines is 1. The number of ether oxygens (including phenoxy) is 2. The van der Waals surface area contributed by atoms with Gasteiger partial charge in [-0.25, -0.2) is 5.10 Å². The molecule has 0 fully saturated rings. The van der Waals surface area contributed by atoms with Gasteiger partial charge in [-0.3, -0.25) is 10.2 Å². The maximum absolute atomic E-state index is 11.3. The van der Waals surface area contributed by atoms with Crippen LogP contribution in [0, 0.1) is 0 Å². The summed E-state index contributed by atoms with van der Waals surface area (Å²) in [6.07, 6.45) is 2.94. The van der Waals surface area contributed by atoms with Crippen LogP contribution in [0.4, 0.5) is 5.69 Å². The minimum atomic E-state index is -0.482. The molecule has 0 aliphatic rings. The Hall–Kier alpha value is -2.54. The number of hydrogen-bond donors (Lipinski definition) is 2. The Bertz CT molecular complexity index is 730. The average molecular weight is 323 g/mol. The van der Waals surface area contributed by atoms with E-state index in [2.05, 4.69) is 20.7 Å². The van der Waals surface area contributed by atoms with Crippen LogP contribution in [0.2, 0.25) is 5.02 Å². The smallest absolute Gasteiger partial charge is 0.285 e. The van der Waals surface area contributed by atoms with Gasteiger partial charge in [0.15, 0.2) is 11.5 Å². The lowest BCUT2D eigenvalue weighted by Gasteiger charge is -2.09. The molecule has 116 valence electrons. The number of aromatic nitrogens is 2. The van der Waals surface area contributed by atoms with Crippen molar-refractivity contribution in [2.24, 2.45) is 5.10 Å². The van der Waals surface area contributed by atoms with Gasteiger partial charge in [-0.05, 0) is 30.7 Å². The van der Waals surface area contributed by atoms with E-state index in [1.54, 1.807) is 25.5 Å². The first-order chi connectivity index (χ1) is 10.7. The highest BCUT2D eigenvalue weighted by Gasteiger charge is 2.05. The summed E-state index contributed by atoms with van der Waals surface area (Å²) in [6, 6.07) is 5.41. The average Bonchev–Trinajstić information content (AvgIpc) is 2.53. The van der Waals surface area contributed by atoms with Gasteiger partial charge in [-0.1, -0.05) is 11.6 Å². The van der Waals surface area contributed by atoms with Crippen LogP contribution in [0.15, 0.2) is 34.3 Å². The summed E-state index contributed by atoms with van der Waals surface area (Å²) in [6.45, 7) is 2.46. The van der Waals surface area contributed by atoms with Gasteiger partial charge >= 0.3 is 0 Å². The molecule has 0 saturated heterocycles. The van der Waals surface area contributed by atoms with Crippen LogP contribution in [-0.2, 0) is 0 Å². The van der Waals surface area contributed by atoms with Crippen molar-refractivity contribution in [1.82, 2.24) is 10.2 Å². The summed E-state index contributed by atoms with van der Waals surface area (Å²) in [5.41, 5.74) is 3.29.